The molecule has 1 heterocycles. The van der Waals surface area contributed by atoms with Gasteiger partial charge in [-0.1, -0.05) is 0 Å². The number of hydrogen-bond donors (Lipinski definition) is 2. The molecule has 0 aromatic rings. The van der Waals surface area contributed by atoms with Crippen molar-refractivity contribution in [2.45, 2.75) is 37.6 Å². The fourth-order valence-electron chi connectivity index (χ4n) is 2.17. The van der Waals surface area contributed by atoms with E-state index in [1.54, 1.807) is 0 Å². The molecular weight excluding hydrogens is 242 g/mol. The molecule has 106 valence electrons. The van der Waals surface area contributed by atoms with E-state index >= 15 is 0 Å². The van der Waals surface area contributed by atoms with Gasteiger partial charge in [-0.05, 0) is 0 Å². The Morgan fingerprint density at radius 1 is 1.28 bits per heavy atom. The lowest BCUT2D eigenvalue weighted by Crippen LogP contribution is -2.65. The molecule has 0 aromatic heterocycles. The van der Waals surface area contributed by atoms with Crippen molar-refractivity contribution >= 4 is 5.91 Å². The molecule has 7 heteroatoms. The maximum absolute atomic E-state index is 11.2. The van der Waals surface area contributed by atoms with Gasteiger partial charge in [-0.3, -0.25) is 4.79 Å². The van der Waals surface area contributed by atoms with Crippen LogP contribution in [0.25, 0.3) is 0 Å². The summed E-state index contributed by atoms with van der Waals surface area (Å²) in [6, 6.07) is -0.444. The van der Waals surface area contributed by atoms with Crippen LogP contribution in [-0.4, -0.2) is 69.6 Å². The van der Waals surface area contributed by atoms with Gasteiger partial charge < -0.3 is 29.4 Å². The molecule has 1 aliphatic heterocycles. The van der Waals surface area contributed by atoms with Gasteiger partial charge in [-0.25, -0.2) is 0 Å². The lowest BCUT2D eigenvalue weighted by Gasteiger charge is -2.43. The van der Waals surface area contributed by atoms with Crippen LogP contribution < -0.4 is 5.32 Å². The summed E-state index contributed by atoms with van der Waals surface area (Å²) in [6.07, 6.45) is -2.79. The number of hydrogen-bond acceptors (Lipinski definition) is 6. The molecule has 0 saturated carbocycles. The van der Waals surface area contributed by atoms with E-state index in [0.717, 1.165) is 0 Å². The number of aliphatic hydroxyl groups is 1. The maximum atomic E-state index is 11.2. The van der Waals surface area contributed by atoms with Gasteiger partial charge in [-0.2, -0.15) is 0 Å². The molecule has 0 unspecified atom stereocenters. The number of aliphatic hydroxyl groups excluding tert-OH is 1. The molecule has 1 fully saturated rings. The molecule has 1 aliphatic rings. The average Bonchev–Trinajstić information content (AvgIpc) is 2.31. The van der Waals surface area contributed by atoms with Crippen molar-refractivity contribution in [1.29, 1.82) is 0 Å². The molecule has 18 heavy (non-hydrogen) atoms. The van der Waals surface area contributed by atoms with Gasteiger partial charge in [-0.15, -0.1) is 0 Å². The molecule has 1 amide bonds. The van der Waals surface area contributed by atoms with Crippen LogP contribution in [0.5, 0.6) is 0 Å². The Morgan fingerprint density at radius 2 is 1.89 bits per heavy atom. The molecule has 0 aromatic carbocycles. The van der Waals surface area contributed by atoms with E-state index in [1.165, 1.54) is 28.3 Å². The smallest absolute Gasteiger partial charge is 0.217 e. The lowest BCUT2D eigenvalue weighted by atomic mass is 9.96. The number of carbonyl (C=O) groups excluding carboxylic acids is 1. The highest BCUT2D eigenvalue weighted by molar-refractivity contribution is 5.73. The number of nitrogens with one attached hydrogen (secondary N) is 1. The SMILES string of the molecule is COC[C@H]1O[C@H](O)[C@H](OC)[C@@H](OC)[C@@H]1NC(C)=O. The summed E-state index contributed by atoms with van der Waals surface area (Å²) >= 11 is 0. The standard InChI is InChI=1S/C11H21NO6/c1-6(13)12-8-7(5-15-2)18-11(14)10(17-4)9(8)16-3/h7-11,14H,5H2,1-4H3,(H,12,13)/t7-,8-,9+,10-,11+/m1/s1. The van der Waals surface area contributed by atoms with Gasteiger partial charge in [0, 0.05) is 28.3 Å². The van der Waals surface area contributed by atoms with Crippen molar-refractivity contribution in [2.24, 2.45) is 0 Å². The average molecular weight is 263 g/mol. The van der Waals surface area contributed by atoms with Crippen molar-refractivity contribution in [3.8, 4) is 0 Å². The normalized spacial score (nSPS) is 36.4. The van der Waals surface area contributed by atoms with Crippen LogP contribution in [-0.2, 0) is 23.7 Å². The lowest BCUT2D eigenvalue weighted by molar-refractivity contribution is -0.273. The number of carbonyl (C=O) groups is 1. The Kier molecular flexibility index (Phi) is 5.97. The summed E-state index contributed by atoms with van der Waals surface area (Å²) in [5.74, 6) is -0.210. The zero-order valence-electron chi connectivity index (χ0n) is 11.1. The van der Waals surface area contributed by atoms with E-state index in [-0.39, 0.29) is 12.5 Å². The van der Waals surface area contributed by atoms with Crippen LogP contribution in [0.4, 0.5) is 0 Å². The van der Waals surface area contributed by atoms with Gasteiger partial charge in [0.05, 0.1) is 12.6 Å². The predicted molar refractivity (Wildman–Crippen MR) is 62.0 cm³/mol. The van der Waals surface area contributed by atoms with Gasteiger partial charge in [0.15, 0.2) is 6.29 Å². The molecule has 7 nitrogen and oxygen atoms in total. The Morgan fingerprint density at radius 3 is 2.33 bits per heavy atom. The summed E-state index contributed by atoms with van der Waals surface area (Å²) in [5.41, 5.74) is 0. The first kappa shape index (κ1) is 15.3. The third-order valence-electron chi connectivity index (χ3n) is 2.92. The second kappa shape index (κ2) is 7.01. The number of methoxy groups -OCH3 is 3. The summed E-state index contributed by atoms with van der Waals surface area (Å²) in [7, 11) is 4.46. The molecule has 0 aliphatic carbocycles. The summed E-state index contributed by atoms with van der Waals surface area (Å²) < 4.78 is 20.9. The summed E-state index contributed by atoms with van der Waals surface area (Å²) in [4.78, 5) is 11.2. The van der Waals surface area contributed by atoms with Crippen LogP contribution in [0.3, 0.4) is 0 Å². The predicted octanol–water partition coefficient (Wildman–Crippen LogP) is -1.12. The molecule has 0 bridgehead atoms. The zero-order chi connectivity index (χ0) is 13.7. The van der Waals surface area contributed by atoms with Crippen molar-refractivity contribution < 1.29 is 28.8 Å². The third-order valence-corrected chi connectivity index (χ3v) is 2.92. The largest absolute Gasteiger partial charge is 0.382 e. The number of rotatable bonds is 5. The van der Waals surface area contributed by atoms with E-state index < -0.39 is 30.6 Å². The molecule has 0 spiro atoms. The minimum Gasteiger partial charge on any atom is -0.382 e. The second-order valence-electron chi connectivity index (χ2n) is 4.15. The zero-order valence-corrected chi connectivity index (χ0v) is 11.1. The van der Waals surface area contributed by atoms with Crippen LogP contribution in [0.15, 0.2) is 0 Å². The van der Waals surface area contributed by atoms with Gasteiger partial charge in [0.1, 0.15) is 18.3 Å². The molecule has 1 saturated heterocycles. The first-order chi connectivity index (χ1) is 8.54. The first-order valence-electron chi connectivity index (χ1n) is 5.70. The maximum Gasteiger partial charge on any atom is 0.217 e. The topological polar surface area (TPSA) is 86.2 Å². The van der Waals surface area contributed by atoms with Gasteiger partial charge >= 0.3 is 0 Å². The highest BCUT2D eigenvalue weighted by Gasteiger charge is 2.46. The first-order valence-corrected chi connectivity index (χ1v) is 5.70. The van der Waals surface area contributed by atoms with E-state index in [0.29, 0.717) is 0 Å². The quantitative estimate of drug-likeness (QED) is 0.654. The van der Waals surface area contributed by atoms with Crippen LogP contribution in [0, 0.1) is 0 Å². The second-order valence-corrected chi connectivity index (χ2v) is 4.15. The molecule has 0 radical (unpaired) electrons. The van der Waals surface area contributed by atoms with E-state index in [9.17, 15) is 9.90 Å². The minimum atomic E-state index is -1.12. The van der Waals surface area contributed by atoms with Crippen LogP contribution in [0.1, 0.15) is 6.92 Å². The number of amides is 1. The summed E-state index contributed by atoms with van der Waals surface area (Å²) in [6.45, 7) is 1.64. The molecular formula is C11H21NO6. The van der Waals surface area contributed by atoms with E-state index in [4.69, 9.17) is 18.9 Å². The Labute approximate surface area is 106 Å². The van der Waals surface area contributed by atoms with Crippen molar-refractivity contribution in [2.75, 3.05) is 27.9 Å². The van der Waals surface area contributed by atoms with Crippen molar-refractivity contribution in [1.82, 2.24) is 5.32 Å². The van der Waals surface area contributed by atoms with Crippen molar-refractivity contribution in [3.63, 3.8) is 0 Å². The fourth-order valence-corrected chi connectivity index (χ4v) is 2.17. The highest BCUT2D eigenvalue weighted by atomic mass is 16.7. The Balaban J connectivity index is 2.89. The Bertz CT molecular complexity index is 274. The molecule has 2 N–H and O–H groups in total. The van der Waals surface area contributed by atoms with Crippen molar-refractivity contribution in [3.05, 3.63) is 0 Å². The van der Waals surface area contributed by atoms with Crippen LogP contribution >= 0.6 is 0 Å². The van der Waals surface area contributed by atoms with Gasteiger partial charge in [0.25, 0.3) is 0 Å². The fraction of sp³-hybridized carbons (Fsp3) is 0.909. The molecule has 5 atom stereocenters. The summed E-state index contributed by atoms with van der Waals surface area (Å²) in [5, 5.41) is 12.6. The van der Waals surface area contributed by atoms with E-state index in [1.807, 2.05) is 0 Å². The monoisotopic (exact) mass is 263 g/mol. The van der Waals surface area contributed by atoms with Gasteiger partial charge in [0.2, 0.25) is 5.91 Å². The van der Waals surface area contributed by atoms with E-state index in [2.05, 4.69) is 5.32 Å². The third kappa shape index (κ3) is 3.39. The number of ether oxygens (including phenoxy) is 4. The molecule has 1 rings (SSSR count). The minimum absolute atomic E-state index is 0.210. The van der Waals surface area contributed by atoms with Crippen LogP contribution in [0.2, 0.25) is 0 Å². The highest BCUT2D eigenvalue weighted by Crippen LogP contribution is 2.24. The Hall–Kier alpha value is -0.730.